The minimum Gasteiger partial charge on any atom is -0.485 e. The van der Waals surface area contributed by atoms with Crippen LogP contribution < -0.4 is 14.8 Å². The molecule has 0 bridgehead atoms. The highest BCUT2D eigenvalue weighted by molar-refractivity contribution is 7.22. The normalized spacial score (nSPS) is 15.6. The summed E-state index contributed by atoms with van der Waals surface area (Å²) in [6, 6.07) is 15.3. The largest absolute Gasteiger partial charge is 0.485 e. The molecule has 0 unspecified atom stereocenters. The van der Waals surface area contributed by atoms with Crippen LogP contribution in [-0.4, -0.2) is 28.6 Å². The van der Waals surface area contributed by atoms with Crippen molar-refractivity contribution in [2.24, 2.45) is 0 Å². The zero-order valence-corrected chi connectivity index (χ0v) is 15.5. The number of aromatic nitrogens is 2. The Hall–Kier alpha value is -2.97. The van der Waals surface area contributed by atoms with Gasteiger partial charge in [0, 0.05) is 5.38 Å². The number of carbonyl (C=O) groups excluding carboxylic acids is 1. The lowest BCUT2D eigenvalue weighted by atomic mass is 10.2. The van der Waals surface area contributed by atoms with Gasteiger partial charge in [-0.05, 0) is 24.3 Å². The van der Waals surface area contributed by atoms with E-state index in [-0.39, 0.29) is 12.5 Å². The van der Waals surface area contributed by atoms with Gasteiger partial charge in [0.15, 0.2) is 16.6 Å². The fourth-order valence-corrected chi connectivity index (χ4v) is 4.44. The first kappa shape index (κ1) is 16.2. The van der Waals surface area contributed by atoms with Gasteiger partial charge in [-0.3, -0.25) is 10.1 Å². The molecular weight excluding hydrogens is 382 g/mol. The van der Waals surface area contributed by atoms with Gasteiger partial charge in [-0.25, -0.2) is 9.97 Å². The summed E-state index contributed by atoms with van der Waals surface area (Å²) in [5.74, 6) is 0.932. The van der Waals surface area contributed by atoms with Crippen molar-refractivity contribution in [1.82, 2.24) is 9.97 Å². The van der Waals surface area contributed by atoms with Gasteiger partial charge in [0.25, 0.3) is 5.91 Å². The summed E-state index contributed by atoms with van der Waals surface area (Å²) in [6.45, 7) is 0.166. The summed E-state index contributed by atoms with van der Waals surface area (Å²) in [5.41, 5.74) is 1.70. The number of benzene rings is 2. The molecule has 0 fully saturated rings. The second-order valence-corrected chi connectivity index (χ2v) is 7.77. The van der Waals surface area contributed by atoms with Crippen molar-refractivity contribution < 1.29 is 14.3 Å². The van der Waals surface area contributed by atoms with Gasteiger partial charge >= 0.3 is 0 Å². The average Bonchev–Trinajstić information content (AvgIpc) is 3.34. The minimum absolute atomic E-state index is 0.166. The van der Waals surface area contributed by atoms with Crippen molar-refractivity contribution >= 4 is 43.9 Å². The zero-order chi connectivity index (χ0) is 18.2. The topological polar surface area (TPSA) is 73.3 Å². The molecule has 0 spiro atoms. The van der Waals surface area contributed by atoms with Crippen LogP contribution in [0.5, 0.6) is 11.5 Å². The molecule has 5 rings (SSSR count). The van der Waals surface area contributed by atoms with Crippen molar-refractivity contribution in [3.8, 4) is 22.2 Å². The Balaban J connectivity index is 1.31. The van der Waals surface area contributed by atoms with Crippen LogP contribution in [0.15, 0.2) is 53.9 Å². The average molecular weight is 395 g/mol. The third-order valence-electron chi connectivity index (χ3n) is 4.05. The fourth-order valence-electron chi connectivity index (χ4n) is 2.75. The van der Waals surface area contributed by atoms with Crippen LogP contribution in [0.25, 0.3) is 20.9 Å². The Morgan fingerprint density at radius 3 is 2.78 bits per heavy atom. The molecule has 6 nitrogen and oxygen atoms in total. The molecular formula is C19H13N3O3S2. The molecule has 134 valence electrons. The second kappa shape index (κ2) is 6.64. The first-order chi connectivity index (χ1) is 13.3. The van der Waals surface area contributed by atoms with Crippen molar-refractivity contribution in [3.05, 3.63) is 53.9 Å². The predicted molar refractivity (Wildman–Crippen MR) is 106 cm³/mol. The standard InChI is InChI=1S/C19H13N3O3S2/c23-17(15-9-24-13-6-2-3-7-14(13)25-15)22-19-21-12(10-26-19)18-20-11-5-1-4-8-16(11)27-18/h1-8,10,15H,9H2,(H,21,22,23)/t15-/m1/s1. The van der Waals surface area contributed by atoms with Crippen LogP contribution in [0.4, 0.5) is 5.13 Å². The lowest BCUT2D eigenvalue weighted by Crippen LogP contribution is -2.40. The molecule has 1 amide bonds. The Kier molecular flexibility index (Phi) is 3.99. The minimum atomic E-state index is -0.713. The Labute approximate surface area is 162 Å². The van der Waals surface area contributed by atoms with Gasteiger partial charge in [-0.2, -0.15) is 0 Å². The monoisotopic (exact) mass is 395 g/mol. The van der Waals surface area contributed by atoms with E-state index in [9.17, 15) is 4.79 Å². The van der Waals surface area contributed by atoms with Gasteiger partial charge in [-0.15, -0.1) is 22.7 Å². The number of anilines is 1. The molecule has 3 heterocycles. The molecule has 2 aromatic heterocycles. The van der Waals surface area contributed by atoms with Crippen LogP contribution >= 0.6 is 22.7 Å². The summed E-state index contributed by atoms with van der Waals surface area (Å²) < 4.78 is 12.4. The number of hydrogen-bond donors (Lipinski definition) is 1. The number of ether oxygens (including phenoxy) is 2. The SMILES string of the molecule is O=C(Nc1nc(-c2nc3ccccc3s2)cs1)[C@H]1COc2ccccc2O1. The Bertz CT molecular complexity index is 1100. The summed E-state index contributed by atoms with van der Waals surface area (Å²) in [7, 11) is 0. The molecule has 0 radical (unpaired) electrons. The van der Waals surface area contributed by atoms with Crippen LogP contribution in [0.2, 0.25) is 0 Å². The molecule has 0 saturated heterocycles. The number of amides is 1. The highest BCUT2D eigenvalue weighted by Crippen LogP contribution is 2.33. The number of nitrogens with zero attached hydrogens (tertiary/aromatic N) is 2. The number of para-hydroxylation sites is 3. The highest BCUT2D eigenvalue weighted by Gasteiger charge is 2.28. The number of hydrogen-bond acceptors (Lipinski definition) is 7. The molecule has 8 heteroatoms. The van der Waals surface area contributed by atoms with Crippen LogP contribution in [-0.2, 0) is 4.79 Å². The zero-order valence-electron chi connectivity index (χ0n) is 13.9. The third-order valence-corrected chi connectivity index (χ3v) is 5.86. The maximum atomic E-state index is 12.5. The molecule has 4 aromatic rings. The van der Waals surface area contributed by atoms with Crippen molar-refractivity contribution in [2.45, 2.75) is 6.10 Å². The van der Waals surface area contributed by atoms with E-state index in [1.807, 2.05) is 47.8 Å². The van der Waals surface area contributed by atoms with Crippen molar-refractivity contribution in [2.75, 3.05) is 11.9 Å². The maximum Gasteiger partial charge on any atom is 0.270 e. The second-order valence-electron chi connectivity index (χ2n) is 5.88. The Morgan fingerprint density at radius 2 is 1.89 bits per heavy atom. The Morgan fingerprint density at radius 1 is 1.07 bits per heavy atom. The lowest BCUT2D eigenvalue weighted by molar-refractivity contribution is -0.125. The molecule has 0 saturated carbocycles. The maximum absolute atomic E-state index is 12.5. The summed E-state index contributed by atoms with van der Waals surface area (Å²) in [6.07, 6.45) is -0.713. The predicted octanol–water partition coefficient (Wildman–Crippen LogP) is 4.20. The number of fused-ring (bicyclic) bond motifs is 2. The molecule has 1 N–H and O–H groups in total. The van der Waals surface area contributed by atoms with E-state index in [2.05, 4.69) is 15.3 Å². The van der Waals surface area contributed by atoms with Crippen LogP contribution in [0.3, 0.4) is 0 Å². The first-order valence-electron chi connectivity index (χ1n) is 8.27. The van der Waals surface area contributed by atoms with Crippen molar-refractivity contribution in [1.29, 1.82) is 0 Å². The molecule has 1 atom stereocenters. The number of rotatable bonds is 3. The van der Waals surface area contributed by atoms with E-state index in [0.29, 0.717) is 16.6 Å². The van der Waals surface area contributed by atoms with Gasteiger partial charge < -0.3 is 9.47 Å². The van der Waals surface area contributed by atoms with Crippen molar-refractivity contribution in [3.63, 3.8) is 0 Å². The number of nitrogens with one attached hydrogen (secondary N) is 1. The van der Waals surface area contributed by atoms with Gasteiger partial charge in [-0.1, -0.05) is 24.3 Å². The van der Waals surface area contributed by atoms with Gasteiger partial charge in [0.2, 0.25) is 6.10 Å². The first-order valence-corrected chi connectivity index (χ1v) is 9.97. The quantitative estimate of drug-likeness (QED) is 0.563. The van der Waals surface area contributed by atoms with Crippen LogP contribution in [0.1, 0.15) is 0 Å². The van der Waals surface area contributed by atoms with Gasteiger partial charge in [0.1, 0.15) is 17.3 Å². The van der Waals surface area contributed by atoms with Crippen LogP contribution in [0, 0.1) is 0 Å². The van der Waals surface area contributed by atoms with E-state index in [1.54, 1.807) is 17.4 Å². The summed E-state index contributed by atoms with van der Waals surface area (Å²) >= 11 is 2.94. The van der Waals surface area contributed by atoms with Gasteiger partial charge in [0.05, 0.1) is 10.2 Å². The third kappa shape index (κ3) is 3.13. The summed E-state index contributed by atoms with van der Waals surface area (Å²) in [5, 5.41) is 6.04. The summed E-state index contributed by atoms with van der Waals surface area (Å²) in [4.78, 5) is 21.6. The van der Waals surface area contributed by atoms with E-state index in [0.717, 1.165) is 20.9 Å². The highest BCUT2D eigenvalue weighted by atomic mass is 32.1. The molecule has 2 aromatic carbocycles. The molecule has 1 aliphatic heterocycles. The fraction of sp³-hybridized carbons (Fsp3) is 0.105. The number of carbonyl (C=O) groups is 1. The lowest BCUT2D eigenvalue weighted by Gasteiger charge is -2.25. The van der Waals surface area contributed by atoms with E-state index >= 15 is 0 Å². The molecule has 0 aliphatic carbocycles. The molecule has 27 heavy (non-hydrogen) atoms. The van der Waals surface area contributed by atoms with E-state index in [1.165, 1.54) is 11.3 Å². The van der Waals surface area contributed by atoms with E-state index < -0.39 is 6.10 Å². The smallest absolute Gasteiger partial charge is 0.270 e. The number of thiazole rings is 2. The molecule has 1 aliphatic rings. The van der Waals surface area contributed by atoms with E-state index in [4.69, 9.17) is 9.47 Å².